The van der Waals surface area contributed by atoms with E-state index in [0.717, 1.165) is 51.9 Å². The van der Waals surface area contributed by atoms with Gasteiger partial charge in [-0.25, -0.2) is 0 Å². The van der Waals surface area contributed by atoms with E-state index in [0.29, 0.717) is 0 Å². The van der Waals surface area contributed by atoms with E-state index >= 15 is 0 Å². The van der Waals surface area contributed by atoms with Crippen LogP contribution in [-0.4, -0.2) is 32.9 Å². The molecule has 1 aromatic rings. The Morgan fingerprint density at radius 1 is 1.19 bits per heavy atom. The predicted octanol–water partition coefficient (Wildman–Crippen LogP) is 5.59. The van der Waals surface area contributed by atoms with Gasteiger partial charge in [-0.3, -0.25) is 4.90 Å². The van der Waals surface area contributed by atoms with E-state index in [2.05, 4.69) is 75.2 Å². The zero-order valence-corrected chi connectivity index (χ0v) is 18.3. The SMILES string of the molecule is CC(C)(C)[Si](C)(C)OCCCCC1(C#N)CCN(Cc2ccccc2)C1. The largest absolute Gasteiger partial charge is 0.417 e. The van der Waals surface area contributed by atoms with Crippen LogP contribution in [0.4, 0.5) is 0 Å². The van der Waals surface area contributed by atoms with Crippen molar-refractivity contribution in [2.24, 2.45) is 5.41 Å². The standard InChI is InChI=1S/C22H36N2OSi/c1-21(2,3)26(4,5)25-16-10-9-13-22(18-23)14-15-24(19-22)17-20-11-7-6-8-12-20/h6-8,11-12H,9-10,13-17,19H2,1-5H3. The van der Waals surface area contributed by atoms with Crippen LogP contribution in [0, 0.1) is 16.7 Å². The molecule has 0 aliphatic carbocycles. The molecule has 1 atom stereocenters. The normalized spacial score (nSPS) is 21.7. The summed E-state index contributed by atoms with van der Waals surface area (Å²) in [5.74, 6) is 0. The highest BCUT2D eigenvalue weighted by Gasteiger charge is 2.38. The van der Waals surface area contributed by atoms with E-state index in [9.17, 15) is 5.26 Å². The Labute approximate surface area is 161 Å². The second-order valence-corrected chi connectivity index (χ2v) is 14.2. The second-order valence-electron chi connectivity index (χ2n) is 9.40. The number of hydrogen-bond donors (Lipinski definition) is 0. The molecule has 144 valence electrons. The van der Waals surface area contributed by atoms with Gasteiger partial charge < -0.3 is 4.43 Å². The molecule has 0 bridgehead atoms. The average molecular weight is 373 g/mol. The van der Waals surface area contributed by atoms with Crippen molar-refractivity contribution < 1.29 is 4.43 Å². The first-order valence-corrected chi connectivity index (χ1v) is 12.9. The highest BCUT2D eigenvalue weighted by molar-refractivity contribution is 6.74. The van der Waals surface area contributed by atoms with Gasteiger partial charge >= 0.3 is 0 Å². The minimum Gasteiger partial charge on any atom is -0.417 e. The van der Waals surface area contributed by atoms with Crippen molar-refractivity contribution in [3.8, 4) is 6.07 Å². The van der Waals surface area contributed by atoms with Gasteiger partial charge in [-0.05, 0) is 49.4 Å². The van der Waals surface area contributed by atoms with Crippen LogP contribution in [-0.2, 0) is 11.0 Å². The molecule has 1 fully saturated rings. The molecule has 1 unspecified atom stereocenters. The first-order valence-electron chi connectivity index (χ1n) is 9.99. The van der Waals surface area contributed by atoms with Crippen LogP contribution in [0.3, 0.4) is 0 Å². The molecular weight excluding hydrogens is 336 g/mol. The maximum absolute atomic E-state index is 9.79. The maximum Gasteiger partial charge on any atom is 0.191 e. The van der Waals surface area contributed by atoms with E-state index in [-0.39, 0.29) is 10.5 Å². The fourth-order valence-electron chi connectivity index (χ4n) is 3.40. The van der Waals surface area contributed by atoms with Crippen LogP contribution < -0.4 is 0 Å². The lowest BCUT2D eigenvalue weighted by Crippen LogP contribution is -2.41. The summed E-state index contributed by atoms with van der Waals surface area (Å²) in [5.41, 5.74) is 1.18. The van der Waals surface area contributed by atoms with Gasteiger partial charge in [0.25, 0.3) is 0 Å². The molecule has 2 rings (SSSR count). The van der Waals surface area contributed by atoms with Gasteiger partial charge in [0.05, 0.1) is 11.5 Å². The minimum absolute atomic E-state index is 0.161. The first kappa shape index (κ1) is 21.2. The number of unbranched alkanes of at least 4 members (excludes halogenated alkanes) is 1. The van der Waals surface area contributed by atoms with Crippen molar-refractivity contribution in [2.45, 2.75) is 71.1 Å². The summed E-state index contributed by atoms with van der Waals surface area (Å²) in [6, 6.07) is 13.2. The van der Waals surface area contributed by atoms with Gasteiger partial charge in [-0.1, -0.05) is 51.1 Å². The topological polar surface area (TPSA) is 36.3 Å². The lowest BCUT2D eigenvalue weighted by Gasteiger charge is -2.36. The van der Waals surface area contributed by atoms with Crippen LogP contribution >= 0.6 is 0 Å². The third-order valence-corrected chi connectivity index (χ3v) is 10.8. The van der Waals surface area contributed by atoms with E-state index in [4.69, 9.17) is 4.43 Å². The molecule has 1 heterocycles. The lowest BCUT2D eigenvalue weighted by molar-refractivity contribution is 0.255. The Hall–Kier alpha value is -1.15. The number of benzene rings is 1. The third-order valence-electron chi connectivity index (χ3n) is 6.24. The van der Waals surface area contributed by atoms with Crippen molar-refractivity contribution >= 4 is 8.32 Å². The monoisotopic (exact) mass is 372 g/mol. The van der Waals surface area contributed by atoms with Crippen LogP contribution in [0.25, 0.3) is 0 Å². The maximum atomic E-state index is 9.79. The van der Waals surface area contributed by atoms with Crippen molar-refractivity contribution in [2.75, 3.05) is 19.7 Å². The summed E-state index contributed by atoms with van der Waals surface area (Å²) in [4.78, 5) is 2.44. The molecule has 0 N–H and O–H groups in total. The predicted molar refractivity (Wildman–Crippen MR) is 111 cm³/mol. The molecule has 0 aromatic heterocycles. The zero-order chi connectivity index (χ0) is 19.3. The molecule has 26 heavy (non-hydrogen) atoms. The van der Waals surface area contributed by atoms with Crippen LogP contribution in [0.5, 0.6) is 0 Å². The molecule has 3 nitrogen and oxygen atoms in total. The summed E-state index contributed by atoms with van der Waals surface area (Å²) < 4.78 is 6.27. The fourth-order valence-corrected chi connectivity index (χ4v) is 4.48. The summed E-state index contributed by atoms with van der Waals surface area (Å²) in [6.07, 6.45) is 4.14. The van der Waals surface area contributed by atoms with Crippen molar-refractivity contribution in [3.05, 3.63) is 35.9 Å². The summed E-state index contributed by atoms with van der Waals surface area (Å²) in [6.45, 7) is 15.2. The Balaban J connectivity index is 1.75. The van der Waals surface area contributed by atoms with E-state index in [1.807, 2.05) is 0 Å². The number of hydrogen-bond acceptors (Lipinski definition) is 3. The van der Waals surface area contributed by atoms with Gasteiger partial charge in [-0.2, -0.15) is 5.26 Å². The van der Waals surface area contributed by atoms with Gasteiger partial charge in [0, 0.05) is 26.2 Å². The fraction of sp³-hybridized carbons (Fsp3) is 0.682. The highest BCUT2D eigenvalue weighted by Crippen LogP contribution is 2.38. The minimum atomic E-state index is -1.64. The lowest BCUT2D eigenvalue weighted by atomic mass is 9.83. The molecule has 0 saturated carbocycles. The third kappa shape index (κ3) is 5.67. The number of rotatable bonds is 8. The summed E-state index contributed by atoms with van der Waals surface area (Å²) in [5, 5.41) is 10.1. The van der Waals surface area contributed by atoms with E-state index in [1.54, 1.807) is 0 Å². The summed E-state index contributed by atoms with van der Waals surface area (Å²) in [7, 11) is -1.64. The second kappa shape index (κ2) is 8.69. The Morgan fingerprint density at radius 3 is 2.50 bits per heavy atom. The summed E-state index contributed by atoms with van der Waals surface area (Å²) >= 11 is 0. The Morgan fingerprint density at radius 2 is 1.88 bits per heavy atom. The molecule has 0 amide bonds. The number of nitrogens with zero attached hydrogens (tertiary/aromatic N) is 2. The Kier molecular flexibility index (Phi) is 7.07. The van der Waals surface area contributed by atoms with E-state index < -0.39 is 8.32 Å². The first-order chi connectivity index (χ1) is 12.2. The highest BCUT2D eigenvalue weighted by atomic mass is 28.4. The molecule has 0 spiro atoms. The molecule has 1 aromatic carbocycles. The molecule has 1 saturated heterocycles. The van der Waals surface area contributed by atoms with Crippen LogP contribution in [0.2, 0.25) is 18.1 Å². The van der Waals surface area contributed by atoms with Crippen molar-refractivity contribution in [1.82, 2.24) is 4.90 Å². The van der Waals surface area contributed by atoms with Gasteiger partial charge in [0.1, 0.15) is 0 Å². The Bertz CT molecular complexity index is 603. The van der Waals surface area contributed by atoms with Crippen molar-refractivity contribution in [3.63, 3.8) is 0 Å². The smallest absolute Gasteiger partial charge is 0.191 e. The van der Waals surface area contributed by atoms with Crippen LogP contribution in [0.15, 0.2) is 30.3 Å². The van der Waals surface area contributed by atoms with Gasteiger partial charge in [-0.15, -0.1) is 0 Å². The molecule has 0 radical (unpaired) electrons. The van der Waals surface area contributed by atoms with Crippen LogP contribution in [0.1, 0.15) is 52.0 Å². The quantitative estimate of drug-likeness (QED) is 0.440. The average Bonchev–Trinajstić information content (AvgIpc) is 2.98. The zero-order valence-electron chi connectivity index (χ0n) is 17.3. The van der Waals surface area contributed by atoms with Gasteiger partial charge in [0.15, 0.2) is 8.32 Å². The number of likely N-dealkylation sites (tertiary alicyclic amines) is 1. The van der Waals surface area contributed by atoms with E-state index in [1.165, 1.54) is 5.56 Å². The molecule has 1 aliphatic heterocycles. The van der Waals surface area contributed by atoms with Crippen molar-refractivity contribution in [1.29, 1.82) is 5.26 Å². The molecule has 1 aliphatic rings. The molecule has 4 heteroatoms. The molecular formula is C22H36N2OSi. The van der Waals surface area contributed by atoms with Gasteiger partial charge in [0.2, 0.25) is 0 Å². The number of nitriles is 1.